The van der Waals surface area contributed by atoms with Gasteiger partial charge in [-0.25, -0.2) is 0 Å². The molecule has 22 aromatic carbocycles. The van der Waals surface area contributed by atoms with Crippen LogP contribution in [-0.2, 0) is 21.7 Å². The van der Waals surface area contributed by atoms with E-state index >= 15 is 0 Å². The minimum Gasteiger partial charge on any atom is -0.456 e. The third-order valence-corrected chi connectivity index (χ3v) is 37.6. The number of thiophene rings is 2. The average molecular weight is 1900 g/mol. The molecule has 4 nitrogen and oxygen atoms in total. The maximum Gasteiger partial charge on any atom is 0.159 e. The van der Waals surface area contributed by atoms with Crippen molar-refractivity contribution in [2.45, 2.75) is 41.2 Å². The molecule has 0 radical (unpaired) electrons. The Balaban J connectivity index is 0.000000127. The van der Waals surface area contributed by atoms with E-state index < -0.39 is 21.7 Å². The Labute approximate surface area is 846 Å². The van der Waals surface area contributed by atoms with Gasteiger partial charge in [-0.1, -0.05) is 369 Å². The third-order valence-electron chi connectivity index (χ3n) is 33.1. The highest BCUT2D eigenvalue weighted by atomic mass is 32.2. The molecule has 2 aliphatic heterocycles. The zero-order valence-corrected chi connectivity index (χ0v) is 80.6. The van der Waals surface area contributed by atoms with E-state index in [4.69, 9.17) is 8.83 Å². The summed E-state index contributed by atoms with van der Waals surface area (Å²) in [4.78, 5) is 10.3. The van der Waals surface area contributed by atoms with Gasteiger partial charge in [0.1, 0.15) is 16.7 Å². The smallest absolute Gasteiger partial charge is 0.159 e. The van der Waals surface area contributed by atoms with E-state index in [1.54, 1.807) is 0 Å². The Morgan fingerprint density at radius 2 is 0.479 bits per heavy atom. The number of furan rings is 2. The van der Waals surface area contributed by atoms with Crippen LogP contribution in [0.1, 0.15) is 89.0 Å². The third kappa shape index (κ3) is 10.2. The first-order valence-corrected chi connectivity index (χ1v) is 52.9. The van der Waals surface area contributed by atoms with Crippen molar-refractivity contribution >= 4 is 165 Å². The van der Waals surface area contributed by atoms with Crippen LogP contribution in [0.5, 0.6) is 0 Å². The van der Waals surface area contributed by atoms with Crippen molar-refractivity contribution in [3.8, 4) is 66.8 Å². The molecule has 0 saturated heterocycles. The quantitative estimate of drug-likeness (QED) is 0.165. The highest BCUT2D eigenvalue weighted by Gasteiger charge is 2.57. The van der Waals surface area contributed by atoms with Gasteiger partial charge in [-0.05, 0) is 272 Å². The number of nitrogens with zero attached hydrogens (tertiary/aromatic N) is 2. The summed E-state index contributed by atoms with van der Waals surface area (Å²) in [7, 11) is 0. The lowest BCUT2D eigenvalue weighted by atomic mass is 9.67. The molecule has 0 N–H and O–H groups in total. The van der Waals surface area contributed by atoms with Crippen molar-refractivity contribution < 1.29 is 8.83 Å². The van der Waals surface area contributed by atoms with Crippen molar-refractivity contribution in [3.05, 3.63) is 562 Å². The highest BCUT2D eigenvalue weighted by Crippen LogP contribution is 2.71. The summed E-state index contributed by atoms with van der Waals surface area (Å²) in [6.07, 6.45) is 0. The van der Waals surface area contributed by atoms with Gasteiger partial charge in [0.2, 0.25) is 0 Å². The molecule has 144 heavy (non-hydrogen) atoms. The zero-order valence-electron chi connectivity index (χ0n) is 77.4. The van der Waals surface area contributed by atoms with Gasteiger partial charge >= 0.3 is 0 Å². The van der Waals surface area contributed by atoms with E-state index in [0.29, 0.717) is 0 Å². The van der Waals surface area contributed by atoms with Gasteiger partial charge in [0, 0.05) is 104 Å². The fraction of sp³-hybridized carbons (Fsp3) is 0.0294. The molecule has 0 bridgehead atoms. The van der Waals surface area contributed by atoms with Crippen LogP contribution >= 0.6 is 46.2 Å². The number of anilines is 6. The lowest BCUT2D eigenvalue weighted by Gasteiger charge is -2.39. The summed E-state index contributed by atoms with van der Waals surface area (Å²) in [6, 6.07) is 178. The van der Waals surface area contributed by atoms with Crippen molar-refractivity contribution in [1.82, 2.24) is 0 Å². The van der Waals surface area contributed by atoms with Crippen molar-refractivity contribution in [2.75, 3.05) is 9.80 Å². The van der Waals surface area contributed by atoms with Crippen LogP contribution in [0.15, 0.2) is 502 Å². The fourth-order valence-corrected chi connectivity index (χ4v) is 32.5. The maximum atomic E-state index is 7.00. The number of hydrogen-bond donors (Lipinski definition) is 0. The topological polar surface area (TPSA) is 32.8 Å². The summed E-state index contributed by atoms with van der Waals surface area (Å²) in [5.41, 5.74) is 45.1. The first-order chi connectivity index (χ1) is 71.4. The second-order valence-electron chi connectivity index (χ2n) is 39.5. The largest absolute Gasteiger partial charge is 0.456 e. The predicted octanol–water partition coefficient (Wildman–Crippen LogP) is 37.2. The van der Waals surface area contributed by atoms with Gasteiger partial charge in [0.25, 0.3) is 0 Å². The van der Waals surface area contributed by atoms with Crippen LogP contribution in [0.3, 0.4) is 0 Å². The summed E-state index contributed by atoms with van der Waals surface area (Å²) in [5, 5.41) is 9.46. The number of hydrogen-bond acceptors (Lipinski definition) is 8. The Kier molecular flexibility index (Phi) is 16.3. The summed E-state index contributed by atoms with van der Waals surface area (Å²) in [5.74, 6) is 0. The minimum absolute atomic E-state index is 0.447. The molecule has 0 amide bonds. The number of para-hydroxylation sites is 3. The standard InChI is InChI=1S/2C68H39NOS2/c1-6-22-49-41(17-1)42-18-2-7-23-50(42)67(49)52-25-9-4-21-46(52)65-55(67)28-15-29-57(65)69(40-35-36-45-44-20-5-12-31-59(44)70-60(45)37-40)58-30-16-34-63-66(58)48-38-47-43-19-3-8-24-51(43)68(56(47)39-64(48)72-63)53-26-10-13-32-61(53)71-62-33-14-11-27-54(62)68;1-6-23-50-41(17-1)42-18-2-7-24-51(42)67(50)52-25-8-3-19-43(52)45-36-35-40(37-56(45)67)69(59-30-15-22-47-46-21-5-12-31-60(46)70-66(47)59)58-29-16-34-63-65(58)49-38-48-44-20-4-9-26-53(44)68(57(48)39-64(49)72-63)54-27-10-13-32-61(54)71-62-33-14-11-28-55(62)68/h2*1-39H. The van der Waals surface area contributed by atoms with Crippen LogP contribution < -0.4 is 9.80 Å². The molecule has 6 heterocycles. The molecule has 0 unspecified atom stereocenters. The fourth-order valence-electron chi connectivity index (χ4n) is 27.8. The molecule has 0 saturated carbocycles. The Hall–Kier alpha value is -16.8. The molecular formula is C136H78N2O2S4. The Morgan fingerprint density at radius 1 is 0.174 bits per heavy atom. The van der Waals surface area contributed by atoms with Crippen molar-refractivity contribution in [1.29, 1.82) is 0 Å². The van der Waals surface area contributed by atoms with E-state index in [2.05, 4.69) is 483 Å². The van der Waals surface area contributed by atoms with Crippen LogP contribution in [-0.4, -0.2) is 0 Å². The molecule has 34 rings (SSSR count). The predicted molar refractivity (Wildman–Crippen MR) is 598 cm³/mol. The van der Waals surface area contributed by atoms with Crippen LogP contribution in [0.2, 0.25) is 0 Å². The molecule has 0 atom stereocenters. The SMILES string of the molecule is c1ccc2c(c1)Sc1ccccc1C21c2ccccc2-c2cc3c(cc21)sc1cccc(N(c2ccc4c(c2)C2(c5ccccc5-c5ccccc52)c2ccccc2-4)c2cccc4c2oc2ccccc24)c13.c1ccc2c(c1)Sc1ccccc1C21c2ccccc2-c2cc3c(cc21)sc1cccc(N(c2ccc4c(c2)oc2ccccc24)c2cccc4c2-c2ccccc2C42c4ccccc4-c4ccccc42)c13. The van der Waals surface area contributed by atoms with Gasteiger partial charge in [-0.3, -0.25) is 0 Å². The molecule has 8 aliphatic rings. The lowest BCUT2D eigenvalue weighted by Crippen LogP contribution is -2.31. The van der Waals surface area contributed by atoms with Crippen LogP contribution in [0.4, 0.5) is 34.1 Å². The first-order valence-electron chi connectivity index (χ1n) is 49.6. The van der Waals surface area contributed by atoms with Crippen LogP contribution in [0.25, 0.3) is 151 Å². The van der Waals surface area contributed by atoms with Crippen molar-refractivity contribution in [2.24, 2.45) is 0 Å². The van der Waals surface area contributed by atoms with E-state index in [0.717, 1.165) is 78.0 Å². The molecule has 4 aromatic heterocycles. The van der Waals surface area contributed by atoms with Crippen molar-refractivity contribution in [3.63, 3.8) is 0 Å². The van der Waals surface area contributed by atoms with E-state index in [9.17, 15) is 0 Å². The molecule has 6 aliphatic carbocycles. The monoisotopic (exact) mass is 1900 g/mol. The molecule has 8 heteroatoms. The second-order valence-corrected chi connectivity index (χ2v) is 43.8. The maximum absolute atomic E-state index is 7.00. The molecule has 4 spiro atoms. The summed E-state index contributed by atoms with van der Waals surface area (Å²) >= 11 is 7.60. The number of benzene rings is 22. The number of rotatable bonds is 6. The second kappa shape index (κ2) is 29.4. The summed E-state index contributed by atoms with van der Waals surface area (Å²) < 4.78 is 18.8. The van der Waals surface area contributed by atoms with Gasteiger partial charge < -0.3 is 18.6 Å². The zero-order chi connectivity index (χ0) is 93.7. The highest BCUT2D eigenvalue weighted by molar-refractivity contribution is 7.99. The average Bonchev–Trinajstić information content (AvgIpc) is 1.50. The molecule has 668 valence electrons. The Morgan fingerprint density at radius 3 is 0.951 bits per heavy atom. The normalized spacial score (nSPS) is 14.6. The molecule has 0 fully saturated rings. The summed E-state index contributed by atoms with van der Waals surface area (Å²) in [6.45, 7) is 0. The van der Waals surface area contributed by atoms with Gasteiger partial charge in [-0.2, -0.15) is 0 Å². The van der Waals surface area contributed by atoms with E-state index in [-0.39, 0.29) is 0 Å². The Bertz CT molecular complexity index is 10000. The first kappa shape index (κ1) is 79.9. The van der Waals surface area contributed by atoms with Gasteiger partial charge in [-0.15, -0.1) is 22.7 Å². The van der Waals surface area contributed by atoms with E-state index in [1.165, 1.54) is 216 Å². The number of fused-ring (bicyclic) bond motifs is 50. The molecule has 26 aromatic rings. The molecular weight excluding hydrogens is 1820 g/mol. The van der Waals surface area contributed by atoms with E-state index in [1.807, 2.05) is 46.2 Å². The van der Waals surface area contributed by atoms with Gasteiger partial charge in [0.05, 0.1) is 44.4 Å². The lowest BCUT2D eigenvalue weighted by molar-refractivity contribution is 0.668. The van der Waals surface area contributed by atoms with Crippen LogP contribution in [0, 0.1) is 0 Å². The van der Waals surface area contributed by atoms with Gasteiger partial charge in [0.15, 0.2) is 5.58 Å². The minimum atomic E-state index is -0.494.